The van der Waals surface area contributed by atoms with Crippen molar-refractivity contribution in [2.45, 2.75) is 13.8 Å². The summed E-state index contributed by atoms with van der Waals surface area (Å²) in [6.07, 6.45) is 0. The summed E-state index contributed by atoms with van der Waals surface area (Å²) < 4.78 is 6.01. The monoisotopic (exact) mass is 357 g/mol. The van der Waals surface area contributed by atoms with E-state index >= 15 is 0 Å². The quantitative estimate of drug-likeness (QED) is 0.615. The Morgan fingerprint density at radius 1 is 1.20 bits per heavy atom. The van der Waals surface area contributed by atoms with Crippen molar-refractivity contribution in [3.63, 3.8) is 0 Å². The minimum Gasteiger partial charge on any atom is -0.496 e. The average molecular weight is 357 g/mol. The number of nitrogens with one attached hydrogen (secondary N) is 2. The molecule has 0 saturated heterocycles. The first-order valence-electron chi connectivity index (χ1n) is 7.35. The predicted octanol–water partition coefficient (Wildman–Crippen LogP) is 3.06. The number of fused-ring (bicyclic) bond motifs is 1. The second-order valence-corrected chi connectivity index (χ2v) is 6.57. The maximum Gasteiger partial charge on any atom is 0.260 e. The molecule has 0 aliphatic rings. The SMILES string of the molecule is C=C(C)NC(=O)C(=C)C(=C)NC(=O)c1c(OC)ccc2nc(C)sc12. The maximum absolute atomic E-state index is 12.7. The van der Waals surface area contributed by atoms with E-state index in [4.69, 9.17) is 4.74 Å². The summed E-state index contributed by atoms with van der Waals surface area (Å²) in [5.41, 5.74) is 1.67. The average Bonchev–Trinajstić information content (AvgIpc) is 2.92. The van der Waals surface area contributed by atoms with Gasteiger partial charge in [0.05, 0.1) is 27.9 Å². The summed E-state index contributed by atoms with van der Waals surface area (Å²) in [6, 6.07) is 3.48. The van der Waals surface area contributed by atoms with Gasteiger partial charge in [0.25, 0.3) is 11.8 Å². The van der Waals surface area contributed by atoms with Crippen LogP contribution < -0.4 is 15.4 Å². The first kappa shape index (κ1) is 18.4. The number of allylic oxidation sites excluding steroid dienone is 1. The molecule has 2 rings (SSSR count). The van der Waals surface area contributed by atoms with E-state index in [9.17, 15) is 9.59 Å². The highest BCUT2D eigenvalue weighted by Crippen LogP contribution is 2.32. The van der Waals surface area contributed by atoms with Gasteiger partial charge >= 0.3 is 0 Å². The number of hydrogen-bond acceptors (Lipinski definition) is 5. The van der Waals surface area contributed by atoms with Gasteiger partial charge in [0.15, 0.2) is 0 Å². The zero-order valence-corrected chi connectivity index (χ0v) is 15.2. The van der Waals surface area contributed by atoms with Gasteiger partial charge in [-0.15, -0.1) is 11.3 Å². The molecule has 1 aromatic carbocycles. The van der Waals surface area contributed by atoms with Crippen molar-refractivity contribution < 1.29 is 14.3 Å². The van der Waals surface area contributed by atoms with Crippen LogP contribution in [0.15, 0.2) is 48.8 Å². The predicted molar refractivity (Wildman–Crippen MR) is 99.6 cm³/mol. The third kappa shape index (κ3) is 3.95. The highest BCUT2D eigenvalue weighted by atomic mass is 32.1. The number of methoxy groups -OCH3 is 1. The van der Waals surface area contributed by atoms with Gasteiger partial charge in [0.2, 0.25) is 0 Å². The van der Waals surface area contributed by atoms with Crippen LogP contribution >= 0.6 is 11.3 Å². The number of carbonyl (C=O) groups is 2. The van der Waals surface area contributed by atoms with Crippen molar-refractivity contribution >= 4 is 33.4 Å². The Morgan fingerprint density at radius 2 is 1.88 bits per heavy atom. The highest BCUT2D eigenvalue weighted by molar-refractivity contribution is 7.19. The first-order chi connectivity index (χ1) is 11.7. The van der Waals surface area contributed by atoms with Gasteiger partial charge in [-0.1, -0.05) is 19.7 Å². The minimum atomic E-state index is -0.475. The molecule has 6 nitrogen and oxygen atoms in total. The Labute approximate surface area is 149 Å². The van der Waals surface area contributed by atoms with E-state index in [0.29, 0.717) is 27.2 Å². The number of ether oxygens (including phenoxy) is 1. The molecule has 2 aromatic rings. The van der Waals surface area contributed by atoms with Crippen molar-refractivity contribution in [2.24, 2.45) is 0 Å². The second kappa shape index (κ2) is 7.31. The lowest BCUT2D eigenvalue weighted by Crippen LogP contribution is -2.30. The lowest BCUT2D eigenvalue weighted by atomic mass is 10.1. The smallest absolute Gasteiger partial charge is 0.260 e. The summed E-state index contributed by atoms with van der Waals surface area (Å²) in [5, 5.41) is 5.95. The van der Waals surface area contributed by atoms with Crippen molar-refractivity contribution in [3.8, 4) is 5.75 Å². The van der Waals surface area contributed by atoms with E-state index in [2.05, 4.69) is 35.4 Å². The van der Waals surface area contributed by atoms with Crippen LogP contribution in [0, 0.1) is 6.92 Å². The van der Waals surface area contributed by atoms with E-state index in [-0.39, 0.29) is 11.3 Å². The Morgan fingerprint density at radius 3 is 2.48 bits per heavy atom. The molecule has 130 valence electrons. The van der Waals surface area contributed by atoms with Crippen LogP contribution in [0.4, 0.5) is 0 Å². The Hall–Kier alpha value is -2.93. The Bertz CT molecular complexity index is 912. The van der Waals surface area contributed by atoms with Crippen LogP contribution in [-0.2, 0) is 4.79 Å². The number of benzene rings is 1. The second-order valence-electron chi connectivity index (χ2n) is 5.37. The summed E-state index contributed by atoms with van der Waals surface area (Å²) in [4.78, 5) is 29.1. The minimum absolute atomic E-state index is 0.0444. The van der Waals surface area contributed by atoms with Crippen LogP contribution in [0.1, 0.15) is 22.3 Å². The van der Waals surface area contributed by atoms with Gasteiger partial charge in [-0.2, -0.15) is 0 Å². The zero-order chi connectivity index (χ0) is 18.7. The normalized spacial score (nSPS) is 10.2. The molecule has 0 atom stereocenters. The lowest BCUT2D eigenvalue weighted by Gasteiger charge is -2.13. The summed E-state index contributed by atoms with van der Waals surface area (Å²) in [7, 11) is 1.49. The van der Waals surface area contributed by atoms with E-state index in [1.165, 1.54) is 18.4 Å². The number of aryl methyl sites for hydroxylation is 1. The Kier molecular flexibility index (Phi) is 5.38. The van der Waals surface area contributed by atoms with E-state index < -0.39 is 11.8 Å². The molecule has 0 saturated carbocycles. The number of amides is 2. The molecule has 0 bridgehead atoms. The molecule has 0 spiro atoms. The largest absolute Gasteiger partial charge is 0.496 e. The number of thiazole rings is 1. The van der Waals surface area contributed by atoms with Crippen molar-refractivity contribution in [2.75, 3.05) is 7.11 Å². The fourth-order valence-electron chi connectivity index (χ4n) is 2.15. The van der Waals surface area contributed by atoms with E-state index in [0.717, 1.165) is 5.01 Å². The Balaban J connectivity index is 2.30. The van der Waals surface area contributed by atoms with Crippen molar-refractivity contribution in [1.82, 2.24) is 15.6 Å². The van der Waals surface area contributed by atoms with Crippen LogP contribution in [0.25, 0.3) is 10.2 Å². The third-order valence-electron chi connectivity index (χ3n) is 3.30. The molecule has 0 aliphatic carbocycles. The molecule has 0 radical (unpaired) electrons. The third-order valence-corrected chi connectivity index (χ3v) is 4.31. The number of rotatable bonds is 6. The molecule has 0 unspecified atom stereocenters. The van der Waals surface area contributed by atoms with Crippen molar-refractivity contribution in [3.05, 3.63) is 59.4 Å². The number of nitrogens with zero attached hydrogens (tertiary/aromatic N) is 1. The molecule has 1 aromatic heterocycles. The highest BCUT2D eigenvalue weighted by Gasteiger charge is 2.21. The van der Waals surface area contributed by atoms with Crippen LogP contribution in [-0.4, -0.2) is 23.9 Å². The molecule has 7 heteroatoms. The van der Waals surface area contributed by atoms with Gasteiger partial charge < -0.3 is 15.4 Å². The fraction of sp³-hybridized carbons (Fsp3) is 0.167. The van der Waals surface area contributed by atoms with Gasteiger partial charge in [-0.25, -0.2) is 4.98 Å². The van der Waals surface area contributed by atoms with Crippen LogP contribution in [0.3, 0.4) is 0 Å². The first-order valence-corrected chi connectivity index (χ1v) is 8.16. The summed E-state index contributed by atoms with van der Waals surface area (Å²) in [6.45, 7) is 14.5. The van der Waals surface area contributed by atoms with Crippen LogP contribution in [0.5, 0.6) is 5.75 Å². The molecule has 2 N–H and O–H groups in total. The van der Waals surface area contributed by atoms with Crippen LogP contribution in [0.2, 0.25) is 0 Å². The zero-order valence-electron chi connectivity index (χ0n) is 14.4. The molecule has 0 fully saturated rings. The number of hydrogen-bond donors (Lipinski definition) is 2. The molecule has 25 heavy (non-hydrogen) atoms. The molecular weight excluding hydrogens is 338 g/mol. The topological polar surface area (TPSA) is 80.3 Å². The van der Waals surface area contributed by atoms with Gasteiger partial charge in [-0.3, -0.25) is 9.59 Å². The summed E-state index contributed by atoms with van der Waals surface area (Å²) in [5.74, 6) is -0.504. The van der Waals surface area contributed by atoms with Crippen molar-refractivity contribution in [1.29, 1.82) is 0 Å². The standard InChI is InChI=1S/C18H19N3O3S/c1-9(2)19-17(22)10(3)11(4)20-18(23)15-14(24-6)8-7-13-16(15)25-12(5)21-13/h7-8H,1,3-4H2,2,5-6H3,(H,19,22)(H,20,23). The molecule has 0 aliphatic heterocycles. The fourth-order valence-corrected chi connectivity index (χ4v) is 3.10. The molecular formula is C18H19N3O3S. The lowest BCUT2D eigenvalue weighted by molar-refractivity contribution is -0.116. The molecule has 2 amide bonds. The van der Waals surface area contributed by atoms with Gasteiger partial charge in [0.1, 0.15) is 11.3 Å². The van der Waals surface area contributed by atoms with Gasteiger partial charge in [0, 0.05) is 11.4 Å². The number of carbonyl (C=O) groups excluding carboxylic acids is 2. The molecule has 1 heterocycles. The van der Waals surface area contributed by atoms with E-state index in [1.807, 2.05) is 6.92 Å². The van der Waals surface area contributed by atoms with Gasteiger partial charge in [-0.05, 0) is 26.0 Å². The summed E-state index contributed by atoms with van der Waals surface area (Å²) >= 11 is 1.39. The number of aromatic nitrogens is 1. The van der Waals surface area contributed by atoms with E-state index in [1.54, 1.807) is 19.1 Å². The maximum atomic E-state index is 12.7.